The van der Waals surface area contributed by atoms with Crippen LogP contribution in [-0.4, -0.2) is 15.7 Å². The molecule has 0 N–H and O–H groups in total. The van der Waals surface area contributed by atoms with E-state index in [1.54, 1.807) is 0 Å². The highest BCUT2D eigenvalue weighted by Gasteiger charge is 2.38. The van der Waals surface area contributed by atoms with Crippen LogP contribution in [0.1, 0.15) is 39.2 Å². The first-order valence-electron chi connectivity index (χ1n) is 18.6. The van der Waals surface area contributed by atoms with Crippen molar-refractivity contribution in [2.45, 2.75) is 25.0 Å². The molecule has 0 unspecified atom stereocenters. The van der Waals surface area contributed by atoms with E-state index < -0.39 is 73.9 Å². The van der Waals surface area contributed by atoms with Crippen LogP contribution >= 0.6 is 34.8 Å². The predicted molar refractivity (Wildman–Crippen MR) is 223 cm³/mol. The summed E-state index contributed by atoms with van der Waals surface area (Å²) in [6, 6.07) is 22.8. The van der Waals surface area contributed by atoms with E-state index in [2.05, 4.69) is 5.10 Å². The molecule has 0 saturated heterocycles. The summed E-state index contributed by atoms with van der Waals surface area (Å²) in [5, 5.41) is 2.46. The molecule has 21 heteroatoms. The Morgan fingerprint density at radius 3 is 1.29 bits per heavy atom. The maximum atomic E-state index is 15.5. The first kappa shape index (κ1) is 47.5. The summed E-state index contributed by atoms with van der Waals surface area (Å²) in [6.07, 6.45) is -17.8. The Kier molecular flexibility index (Phi) is 13.2. The van der Waals surface area contributed by atoms with Crippen LogP contribution < -0.4 is 19.1 Å². The van der Waals surface area contributed by atoms with E-state index in [0.29, 0.717) is 36.4 Å². The second-order valence-corrected chi connectivity index (χ2v) is 15.1. The van der Waals surface area contributed by atoms with Gasteiger partial charge < -0.3 is 14.2 Å². The minimum absolute atomic E-state index is 0.0965. The molecule has 6 aromatic carbocycles. The van der Waals surface area contributed by atoms with Crippen LogP contribution in [0.2, 0.25) is 15.1 Å². The van der Waals surface area contributed by atoms with Crippen molar-refractivity contribution in [2.24, 2.45) is 7.05 Å². The lowest BCUT2D eigenvalue weighted by Gasteiger charge is -2.28. The van der Waals surface area contributed by atoms with Crippen molar-refractivity contribution in [1.29, 1.82) is 0 Å². The van der Waals surface area contributed by atoms with Crippen LogP contribution in [0.5, 0.6) is 34.5 Å². The molecular weight excluding hydrogens is 962 g/mol. The fourth-order valence-electron chi connectivity index (χ4n) is 6.52. The van der Waals surface area contributed by atoms with E-state index >= 15 is 13.6 Å². The lowest BCUT2D eigenvalue weighted by molar-refractivity contribution is -0.138. The number of amides is 1. The third kappa shape index (κ3) is 10.00. The molecule has 0 aliphatic heterocycles. The molecule has 7 nitrogen and oxygen atoms in total. The second kappa shape index (κ2) is 18.4. The highest BCUT2D eigenvalue weighted by Crippen LogP contribution is 2.48. The normalized spacial score (nSPS) is 12.1. The van der Waals surface area contributed by atoms with E-state index in [9.17, 15) is 39.5 Å². The van der Waals surface area contributed by atoms with Gasteiger partial charge in [0.2, 0.25) is 0 Å². The number of hydrogen-bond acceptors (Lipinski definition) is 5. The zero-order chi connectivity index (χ0) is 47.9. The van der Waals surface area contributed by atoms with Crippen molar-refractivity contribution >= 4 is 52.1 Å². The number of ether oxygens (including phenoxy) is 3. The standard InChI is InChI=1S/C45H25Cl3F11N3O4/c1-61-40(26-8-2-5-11-32(26)64-33-17-14-23(20-27(33)46)43(51,52)53)38(39(60-61)41(49)50)42(63)62(30-9-3-6-12-36(30)65-34-18-15-24(21-28(34)47)44(54,55)56)31-10-4-7-13-37(31)66-35-19-16-25(22-29(35)48)45(57,58)59/h2-22,41H,1H3. The number of aromatic nitrogens is 2. The number of benzene rings is 6. The zero-order valence-corrected chi connectivity index (χ0v) is 35.2. The predicted octanol–water partition coefficient (Wildman–Crippen LogP) is 16.4. The third-order valence-corrected chi connectivity index (χ3v) is 10.4. The van der Waals surface area contributed by atoms with Crippen LogP contribution in [0.15, 0.2) is 127 Å². The van der Waals surface area contributed by atoms with Gasteiger partial charge in [-0.2, -0.15) is 44.6 Å². The average molecular weight is 987 g/mol. The Morgan fingerprint density at radius 2 is 0.909 bits per heavy atom. The van der Waals surface area contributed by atoms with Crippen molar-refractivity contribution < 1.29 is 67.3 Å². The Balaban J connectivity index is 1.43. The van der Waals surface area contributed by atoms with Gasteiger partial charge in [-0.05, 0) is 91.0 Å². The Labute approximate surface area is 381 Å². The molecule has 0 saturated carbocycles. The van der Waals surface area contributed by atoms with Crippen molar-refractivity contribution in [3.05, 3.63) is 170 Å². The summed E-state index contributed by atoms with van der Waals surface area (Å²) in [5.74, 6) is -3.03. The van der Waals surface area contributed by atoms with Crippen LogP contribution in [0.3, 0.4) is 0 Å². The lowest BCUT2D eigenvalue weighted by Crippen LogP contribution is -2.28. The van der Waals surface area contributed by atoms with Gasteiger partial charge in [-0.3, -0.25) is 14.4 Å². The van der Waals surface area contributed by atoms with Gasteiger partial charge >= 0.3 is 18.5 Å². The van der Waals surface area contributed by atoms with E-state index in [1.165, 1.54) is 79.8 Å². The molecule has 342 valence electrons. The Bertz CT molecular complexity index is 2850. The molecule has 0 radical (unpaired) electrons. The summed E-state index contributed by atoms with van der Waals surface area (Å²) in [4.78, 5) is 16.4. The molecule has 0 bridgehead atoms. The number of carbonyl (C=O) groups is 1. The quantitative estimate of drug-likeness (QED) is 0.121. The molecule has 0 fully saturated rings. The topological polar surface area (TPSA) is 65.8 Å². The number of para-hydroxylation sites is 5. The minimum Gasteiger partial charge on any atom is -0.455 e. The molecule has 1 heterocycles. The molecule has 7 rings (SSSR count). The molecule has 1 aromatic heterocycles. The first-order valence-corrected chi connectivity index (χ1v) is 19.8. The highest BCUT2D eigenvalue weighted by atomic mass is 35.5. The van der Waals surface area contributed by atoms with Crippen LogP contribution in [0, 0.1) is 0 Å². The molecule has 0 aliphatic rings. The van der Waals surface area contributed by atoms with Crippen molar-refractivity contribution in [3.63, 3.8) is 0 Å². The van der Waals surface area contributed by atoms with Crippen LogP contribution in [-0.2, 0) is 25.6 Å². The van der Waals surface area contributed by atoms with Crippen molar-refractivity contribution in [1.82, 2.24) is 9.78 Å². The maximum Gasteiger partial charge on any atom is 0.416 e. The summed E-state index contributed by atoms with van der Waals surface area (Å²) >= 11 is 18.7. The smallest absolute Gasteiger partial charge is 0.416 e. The fourth-order valence-corrected chi connectivity index (χ4v) is 7.18. The van der Waals surface area contributed by atoms with Crippen LogP contribution in [0.25, 0.3) is 11.3 Å². The molecule has 0 spiro atoms. The summed E-state index contributed by atoms with van der Waals surface area (Å²) < 4.78 is 171. The average Bonchev–Trinajstić information content (AvgIpc) is 3.60. The van der Waals surface area contributed by atoms with E-state index in [0.717, 1.165) is 27.8 Å². The number of carbonyl (C=O) groups excluding carboxylic acids is 1. The number of hydrogen-bond donors (Lipinski definition) is 0. The van der Waals surface area contributed by atoms with Crippen molar-refractivity contribution in [2.75, 3.05) is 4.90 Å². The van der Waals surface area contributed by atoms with Crippen LogP contribution in [0.4, 0.5) is 59.7 Å². The number of nitrogens with zero attached hydrogens (tertiary/aromatic N) is 3. The molecule has 7 aromatic rings. The lowest BCUT2D eigenvalue weighted by atomic mass is 10.0. The Morgan fingerprint density at radius 1 is 0.545 bits per heavy atom. The SMILES string of the molecule is Cn1nc(C(F)F)c(C(=O)N(c2ccccc2Oc2ccc(C(F)(F)F)cc2Cl)c2ccccc2Oc2ccc(C(F)(F)F)cc2Cl)c1-c1ccccc1Oc1ccc(C(F)(F)F)cc1Cl. The first-order chi connectivity index (χ1) is 31.0. The number of halogens is 14. The number of anilines is 2. The summed E-state index contributed by atoms with van der Waals surface area (Å²) in [5.41, 5.74) is -6.17. The van der Waals surface area contributed by atoms with E-state index in [-0.39, 0.29) is 57.1 Å². The van der Waals surface area contributed by atoms with Crippen molar-refractivity contribution in [3.8, 4) is 45.8 Å². The maximum absolute atomic E-state index is 15.5. The molecular formula is C45H25Cl3F11N3O4. The molecule has 0 aliphatic carbocycles. The van der Waals surface area contributed by atoms with Gasteiger partial charge in [0.1, 0.15) is 28.7 Å². The van der Waals surface area contributed by atoms with Gasteiger partial charge in [0.25, 0.3) is 12.3 Å². The molecule has 1 amide bonds. The number of aryl methyl sites for hydroxylation is 1. The third-order valence-electron chi connectivity index (χ3n) is 9.49. The monoisotopic (exact) mass is 985 g/mol. The number of alkyl halides is 11. The van der Waals surface area contributed by atoms with E-state index in [1.807, 2.05) is 0 Å². The van der Waals surface area contributed by atoms with Gasteiger partial charge in [-0.1, -0.05) is 71.2 Å². The van der Waals surface area contributed by atoms with Gasteiger partial charge in [0.05, 0.1) is 54.4 Å². The summed E-state index contributed by atoms with van der Waals surface area (Å²) in [7, 11) is 1.22. The van der Waals surface area contributed by atoms with Gasteiger partial charge in [0.15, 0.2) is 11.5 Å². The highest BCUT2D eigenvalue weighted by molar-refractivity contribution is 6.33. The number of rotatable bonds is 11. The largest absolute Gasteiger partial charge is 0.455 e. The minimum atomic E-state index is -4.79. The van der Waals surface area contributed by atoms with Gasteiger partial charge in [-0.25, -0.2) is 8.78 Å². The Hall–Kier alpha value is -6.50. The molecule has 66 heavy (non-hydrogen) atoms. The summed E-state index contributed by atoms with van der Waals surface area (Å²) in [6.45, 7) is 0. The van der Waals surface area contributed by atoms with Gasteiger partial charge in [-0.15, -0.1) is 0 Å². The van der Waals surface area contributed by atoms with E-state index in [4.69, 9.17) is 49.0 Å². The van der Waals surface area contributed by atoms with Gasteiger partial charge in [0, 0.05) is 12.6 Å². The molecule has 0 atom stereocenters. The fraction of sp³-hybridized carbons (Fsp3) is 0.111. The zero-order valence-electron chi connectivity index (χ0n) is 33.0. The second-order valence-electron chi connectivity index (χ2n) is 13.8.